The van der Waals surface area contributed by atoms with E-state index in [-0.39, 0.29) is 0 Å². The van der Waals surface area contributed by atoms with Crippen molar-refractivity contribution < 1.29 is 4.52 Å². The topological polar surface area (TPSA) is 67.6 Å². The molecule has 0 spiro atoms. The Morgan fingerprint density at radius 2 is 2.00 bits per heavy atom. The van der Waals surface area contributed by atoms with Crippen LogP contribution >= 0.6 is 11.3 Å². The largest absolute Gasteiger partial charge is 0.332 e. The molecule has 0 unspecified atom stereocenters. The molecule has 22 heavy (non-hydrogen) atoms. The molecular weight excluding hydrogens is 296 g/mol. The van der Waals surface area contributed by atoms with Gasteiger partial charge in [0.25, 0.3) is 5.89 Å². The van der Waals surface area contributed by atoms with Gasteiger partial charge < -0.3 is 4.52 Å². The van der Waals surface area contributed by atoms with Crippen molar-refractivity contribution in [2.45, 2.75) is 6.92 Å². The molecule has 0 aliphatic heterocycles. The number of rotatable bonds is 3. The highest BCUT2D eigenvalue weighted by molar-refractivity contribution is 7.13. The number of hydrogen-bond donors (Lipinski definition) is 1. The maximum absolute atomic E-state index is 5.32. The van der Waals surface area contributed by atoms with Gasteiger partial charge in [0.05, 0.1) is 10.6 Å². The second-order valence-corrected chi connectivity index (χ2v) is 5.88. The van der Waals surface area contributed by atoms with Crippen LogP contribution in [-0.2, 0) is 0 Å². The third-order valence-electron chi connectivity index (χ3n) is 3.32. The highest BCUT2D eigenvalue weighted by Crippen LogP contribution is 2.26. The molecule has 5 nitrogen and oxygen atoms in total. The van der Waals surface area contributed by atoms with E-state index in [1.54, 1.807) is 11.3 Å². The number of hydrogen-bond acceptors (Lipinski definition) is 5. The summed E-state index contributed by atoms with van der Waals surface area (Å²) >= 11 is 1.58. The Balaban J connectivity index is 1.65. The van der Waals surface area contributed by atoms with Crippen molar-refractivity contribution in [2.24, 2.45) is 0 Å². The van der Waals surface area contributed by atoms with Crippen LogP contribution in [0.1, 0.15) is 5.56 Å². The Bertz CT molecular complexity index is 891. The summed E-state index contributed by atoms with van der Waals surface area (Å²) in [7, 11) is 0. The molecule has 0 fully saturated rings. The van der Waals surface area contributed by atoms with Gasteiger partial charge in [-0.3, -0.25) is 5.10 Å². The number of benzene rings is 1. The van der Waals surface area contributed by atoms with Crippen LogP contribution in [0.3, 0.4) is 0 Å². The van der Waals surface area contributed by atoms with Gasteiger partial charge in [0, 0.05) is 5.56 Å². The molecule has 4 aromatic rings. The van der Waals surface area contributed by atoms with Crippen LogP contribution in [0.4, 0.5) is 0 Å². The Morgan fingerprint density at radius 3 is 2.77 bits per heavy atom. The summed E-state index contributed by atoms with van der Waals surface area (Å²) in [6, 6.07) is 14.0. The van der Waals surface area contributed by atoms with Crippen molar-refractivity contribution in [3.8, 4) is 33.5 Å². The average molecular weight is 308 g/mol. The first-order valence-electron chi connectivity index (χ1n) is 6.80. The van der Waals surface area contributed by atoms with E-state index in [2.05, 4.69) is 39.4 Å². The van der Waals surface area contributed by atoms with Crippen LogP contribution in [-0.4, -0.2) is 20.3 Å². The van der Waals surface area contributed by atoms with Crippen molar-refractivity contribution in [1.29, 1.82) is 0 Å². The van der Waals surface area contributed by atoms with E-state index in [0.717, 1.165) is 16.1 Å². The van der Waals surface area contributed by atoms with Crippen LogP contribution in [0.25, 0.3) is 33.5 Å². The average Bonchev–Trinajstić information content (AvgIpc) is 3.27. The monoisotopic (exact) mass is 308 g/mol. The quantitative estimate of drug-likeness (QED) is 0.617. The van der Waals surface area contributed by atoms with Gasteiger partial charge in [-0.2, -0.15) is 10.1 Å². The predicted molar refractivity (Wildman–Crippen MR) is 85.4 cm³/mol. The van der Waals surface area contributed by atoms with E-state index >= 15 is 0 Å². The van der Waals surface area contributed by atoms with Gasteiger partial charge >= 0.3 is 0 Å². The van der Waals surface area contributed by atoms with Crippen molar-refractivity contribution in [3.05, 3.63) is 53.4 Å². The number of aromatic amines is 1. The molecule has 3 aromatic heterocycles. The van der Waals surface area contributed by atoms with Crippen LogP contribution in [0, 0.1) is 6.92 Å². The van der Waals surface area contributed by atoms with Gasteiger partial charge in [-0.25, -0.2) is 0 Å². The van der Waals surface area contributed by atoms with E-state index in [1.165, 1.54) is 5.56 Å². The Morgan fingerprint density at radius 1 is 1.14 bits per heavy atom. The lowest BCUT2D eigenvalue weighted by molar-refractivity contribution is 0.431. The second-order valence-electron chi connectivity index (χ2n) is 4.93. The molecule has 0 saturated heterocycles. The maximum atomic E-state index is 5.32. The Labute approximate surface area is 130 Å². The lowest BCUT2D eigenvalue weighted by Crippen LogP contribution is -1.78. The summed E-state index contributed by atoms with van der Waals surface area (Å²) in [5, 5.41) is 13.3. The van der Waals surface area contributed by atoms with E-state index in [1.807, 2.05) is 35.7 Å². The predicted octanol–water partition coefficient (Wildman–Crippen LogP) is 4.16. The fraction of sp³-hybridized carbons (Fsp3) is 0.0625. The summed E-state index contributed by atoms with van der Waals surface area (Å²) in [4.78, 5) is 5.39. The zero-order valence-corrected chi connectivity index (χ0v) is 12.6. The van der Waals surface area contributed by atoms with E-state index in [9.17, 15) is 0 Å². The molecule has 108 valence electrons. The third kappa shape index (κ3) is 2.33. The van der Waals surface area contributed by atoms with Gasteiger partial charge in [-0.05, 0) is 24.4 Å². The standard InChI is InChI=1S/C16H12N4OS/c1-10-4-6-11(7-5-10)12-9-13(19-18-12)16-17-15(20-21-16)14-3-2-8-22-14/h2-9H,1H3,(H,18,19). The molecule has 1 N–H and O–H groups in total. The SMILES string of the molecule is Cc1ccc(-c2cc(-c3nc(-c4cccs4)no3)[nH]n2)cc1. The first kappa shape index (κ1) is 13.0. The van der Waals surface area contributed by atoms with Crippen molar-refractivity contribution >= 4 is 11.3 Å². The number of H-pyrrole nitrogens is 1. The molecule has 0 radical (unpaired) electrons. The molecular formula is C16H12N4OS. The normalized spacial score (nSPS) is 11.0. The summed E-state index contributed by atoms with van der Waals surface area (Å²) in [5.74, 6) is 1.03. The fourth-order valence-corrected chi connectivity index (χ4v) is 2.79. The summed E-state index contributed by atoms with van der Waals surface area (Å²) in [5.41, 5.74) is 3.83. The number of nitrogens with one attached hydrogen (secondary N) is 1. The summed E-state index contributed by atoms with van der Waals surface area (Å²) < 4.78 is 5.32. The minimum atomic E-state index is 0.439. The second kappa shape index (κ2) is 5.23. The summed E-state index contributed by atoms with van der Waals surface area (Å²) in [6.45, 7) is 2.06. The van der Waals surface area contributed by atoms with Crippen LogP contribution in [0.2, 0.25) is 0 Å². The smallest absolute Gasteiger partial charge is 0.276 e. The first-order chi connectivity index (χ1) is 10.8. The molecule has 0 amide bonds. The number of nitrogens with zero attached hydrogens (tertiary/aromatic N) is 3. The summed E-state index contributed by atoms with van der Waals surface area (Å²) in [6.07, 6.45) is 0. The molecule has 6 heteroatoms. The first-order valence-corrected chi connectivity index (χ1v) is 7.68. The number of thiophene rings is 1. The third-order valence-corrected chi connectivity index (χ3v) is 4.19. The molecule has 1 aromatic carbocycles. The van der Waals surface area contributed by atoms with Gasteiger partial charge in [0.2, 0.25) is 5.82 Å². The maximum Gasteiger partial charge on any atom is 0.276 e. The lowest BCUT2D eigenvalue weighted by atomic mass is 10.1. The minimum absolute atomic E-state index is 0.439. The van der Waals surface area contributed by atoms with Crippen LogP contribution in [0.5, 0.6) is 0 Å². The zero-order chi connectivity index (χ0) is 14.9. The number of aromatic nitrogens is 4. The fourth-order valence-electron chi connectivity index (χ4n) is 2.14. The van der Waals surface area contributed by atoms with Gasteiger partial charge in [0.1, 0.15) is 5.69 Å². The van der Waals surface area contributed by atoms with Crippen LogP contribution in [0.15, 0.2) is 52.4 Å². The Kier molecular flexibility index (Phi) is 3.08. The van der Waals surface area contributed by atoms with E-state index in [4.69, 9.17) is 4.52 Å². The minimum Gasteiger partial charge on any atom is -0.332 e. The molecule has 0 bridgehead atoms. The van der Waals surface area contributed by atoms with E-state index < -0.39 is 0 Å². The molecule has 0 atom stereocenters. The van der Waals surface area contributed by atoms with Gasteiger partial charge in [-0.1, -0.05) is 41.1 Å². The van der Waals surface area contributed by atoms with Crippen molar-refractivity contribution in [3.63, 3.8) is 0 Å². The highest BCUT2D eigenvalue weighted by atomic mass is 32.1. The molecule has 4 rings (SSSR count). The molecule has 0 aliphatic rings. The van der Waals surface area contributed by atoms with Crippen molar-refractivity contribution in [1.82, 2.24) is 20.3 Å². The van der Waals surface area contributed by atoms with Crippen LogP contribution < -0.4 is 0 Å². The zero-order valence-electron chi connectivity index (χ0n) is 11.8. The highest BCUT2D eigenvalue weighted by Gasteiger charge is 2.14. The number of aryl methyl sites for hydroxylation is 1. The lowest BCUT2D eigenvalue weighted by Gasteiger charge is -1.95. The molecule has 3 heterocycles. The van der Waals surface area contributed by atoms with Crippen molar-refractivity contribution in [2.75, 3.05) is 0 Å². The van der Waals surface area contributed by atoms with Gasteiger partial charge in [-0.15, -0.1) is 11.3 Å². The molecule has 0 saturated carbocycles. The molecule has 0 aliphatic carbocycles. The van der Waals surface area contributed by atoms with E-state index in [0.29, 0.717) is 17.4 Å². The van der Waals surface area contributed by atoms with Gasteiger partial charge in [0.15, 0.2) is 0 Å². The Hall–Kier alpha value is -2.73.